The SMILES string of the molecule is COc1cccc(C2C(CN)CCN2C)c1. The number of hydrogen-bond donors (Lipinski definition) is 1. The topological polar surface area (TPSA) is 38.5 Å². The highest BCUT2D eigenvalue weighted by Crippen LogP contribution is 2.36. The minimum absolute atomic E-state index is 0.445. The van der Waals surface area contributed by atoms with Crippen molar-refractivity contribution in [3.05, 3.63) is 29.8 Å². The summed E-state index contributed by atoms with van der Waals surface area (Å²) < 4.78 is 5.27. The maximum atomic E-state index is 5.84. The van der Waals surface area contributed by atoms with Crippen LogP contribution in [0.15, 0.2) is 24.3 Å². The van der Waals surface area contributed by atoms with E-state index in [1.54, 1.807) is 7.11 Å². The lowest BCUT2D eigenvalue weighted by Gasteiger charge is -2.25. The van der Waals surface area contributed by atoms with Gasteiger partial charge in [-0.15, -0.1) is 0 Å². The summed E-state index contributed by atoms with van der Waals surface area (Å²) in [6.07, 6.45) is 1.19. The maximum absolute atomic E-state index is 5.84. The molecule has 0 amide bonds. The molecule has 1 aliphatic rings. The summed E-state index contributed by atoms with van der Waals surface area (Å²) in [5.41, 5.74) is 7.15. The summed E-state index contributed by atoms with van der Waals surface area (Å²) in [6, 6.07) is 8.76. The summed E-state index contributed by atoms with van der Waals surface area (Å²) in [5, 5.41) is 0. The first-order valence-corrected chi connectivity index (χ1v) is 5.80. The molecule has 0 aromatic heterocycles. The van der Waals surface area contributed by atoms with Crippen LogP contribution in [0.3, 0.4) is 0 Å². The number of nitrogens with zero attached hydrogens (tertiary/aromatic N) is 1. The number of nitrogens with two attached hydrogens (primary N) is 1. The Kier molecular flexibility index (Phi) is 3.46. The van der Waals surface area contributed by atoms with Crippen molar-refractivity contribution in [3.63, 3.8) is 0 Å². The van der Waals surface area contributed by atoms with Gasteiger partial charge in [-0.25, -0.2) is 0 Å². The highest BCUT2D eigenvalue weighted by molar-refractivity contribution is 5.31. The molecule has 0 radical (unpaired) electrons. The van der Waals surface area contributed by atoms with E-state index in [2.05, 4.69) is 24.1 Å². The van der Waals surface area contributed by atoms with Crippen molar-refractivity contribution in [2.45, 2.75) is 12.5 Å². The van der Waals surface area contributed by atoms with Gasteiger partial charge in [-0.3, -0.25) is 4.90 Å². The highest BCUT2D eigenvalue weighted by atomic mass is 16.5. The van der Waals surface area contributed by atoms with Crippen LogP contribution in [-0.2, 0) is 0 Å². The number of rotatable bonds is 3. The second kappa shape index (κ2) is 4.85. The normalized spacial score (nSPS) is 25.9. The van der Waals surface area contributed by atoms with Crippen LogP contribution in [0.25, 0.3) is 0 Å². The fourth-order valence-electron chi connectivity index (χ4n) is 2.63. The first-order chi connectivity index (χ1) is 7.76. The van der Waals surface area contributed by atoms with Gasteiger partial charge in [0, 0.05) is 6.04 Å². The number of benzene rings is 1. The second-order valence-electron chi connectivity index (χ2n) is 4.49. The minimum atomic E-state index is 0.445. The standard InChI is InChI=1S/C13H20N2O/c1-15-7-6-11(9-14)13(15)10-4-3-5-12(8-10)16-2/h3-5,8,11,13H,6-7,9,14H2,1-2H3. The first-order valence-electron chi connectivity index (χ1n) is 5.80. The molecule has 2 N–H and O–H groups in total. The van der Waals surface area contributed by atoms with Crippen molar-refractivity contribution in [1.29, 1.82) is 0 Å². The zero-order valence-electron chi connectivity index (χ0n) is 10.0. The van der Waals surface area contributed by atoms with Crippen molar-refractivity contribution in [2.24, 2.45) is 11.7 Å². The van der Waals surface area contributed by atoms with Crippen molar-refractivity contribution in [2.75, 3.05) is 27.2 Å². The molecule has 0 bridgehead atoms. The zero-order chi connectivity index (χ0) is 11.5. The fraction of sp³-hybridized carbons (Fsp3) is 0.538. The molecule has 1 aromatic rings. The fourth-order valence-corrected chi connectivity index (χ4v) is 2.63. The van der Waals surface area contributed by atoms with E-state index in [1.807, 2.05) is 12.1 Å². The van der Waals surface area contributed by atoms with Gasteiger partial charge < -0.3 is 10.5 Å². The molecule has 0 spiro atoms. The molecular weight excluding hydrogens is 200 g/mol. The molecule has 3 nitrogen and oxygen atoms in total. The molecule has 1 aromatic carbocycles. The molecule has 88 valence electrons. The van der Waals surface area contributed by atoms with E-state index in [0.717, 1.165) is 18.8 Å². The van der Waals surface area contributed by atoms with Crippen molar-refractivity contribution in [1.82, 2.24) is 4.90 Å². The lowest BCUT2D eigenvalue weighted by Crippen LogP contribution is -2.25. The third-order valence-corrected chi connectivity index (χ3v) is 3.51. The Balaban J connectivity index is 2.27. The first kappa shape index (κ1) is 11.4. The van der Waals surface area contributed by atoms with Gasteiger partial charge >= 0.3 is 0 Å². The average Bonchev–Trinajstić information content (AvgIpc) is 2.70. The van der Waals surface area contributed by atoms with Gasteiger partial charge in [-0.05, 0) is 50.2 Å². The van der Waals surface area contributed by atoms with Crippen molar-refractivity contribution in [3.8, 4) is 5.75 Å². The summed E-state index contributed by atoms with van der Waals surface area (Å²) >= 11 is 0. The third-order valence-electron chi connectivity index (χ3n) is 3.51. The minimum Gasteiger partial charge on any atom is -0.497 e. The lowest BCUT2D eigenvalue weighted by atomic mass is 9.94. The van der Waals surface area contributed by atoms with Crippen molar-refractivity contribution < 1.29 is 4.74 Å². The molecule has 1 fully saturated rings. The monoisotopic (exact) mass is 220 g/mol. The Morgan fingerprint density at radius 1 is 1.50 bits per heavy atom. The van der Waals surface area contributed by atoms with Crippen LogP contribution < -0.4 is 10.5 Å². The quantitative estimate of drug-likeness (QED) is 0.841. The number of hydrogen-bond acceptors (Lipinski definition) is 3. The molecule has 0 saturated carbocycles. The van der Waals surface area contributed by atoms with Gasteiger partial charge in [0.25, 0.3) is 0 Å². The molecule has 2 rings (SSSR count). The Morgan fingerprint density at radius 2 is 2.31 bits per heavy atom. The number of likely N-dealkylation sites (tertiary alicyclic amines) is 1. The van der Waals surface area contributed by atoms with E-state index < -0.39 is 0 Å². The predicted octanol–water partition coefficient (Wildman–Crippen LogP) is 1.65. The summed E-state index contributed by atoms with van der Waals surface area (Å²) in [7, 11) is 3.87. The van der Waals surface area contributed by atoms with Crippen LogP contribution in [-0.4, -0.2) is 32.1 Å². The Hall–Kier alpha value is -1.06. The molecule has 0 aliphatic carbocycles. The molecular formula is C13H20N2O. The highest BCUT2D eigenvalue weighted by Gasteiger charge is 2.31. The van der Waals surface area contributed by atoms with Crippen LogP contribution in [0.2, 0.25) is 0 Å². The second-order valence-corrected chi connectivity index (χ2v) is 4.49. The maximum Gasteiger partial charge on any atom is 0.119 e. The number of methoxy groups -OCH3 is 1. The smallest absolute Gasteiger partial charge is 0.119 e. The van der Waals surface area contributed by atoms with Crippen LogP contribution >= 0.6 is 0 Å². The molecule has 16 heavy (non-hydrogen) atoms. The summed E-state index contributed by atoms with van der Waals surface area (Å²) in [5.74, 6) is 1.49. The predicted molar refractivity (Wildman–Crippen MR) is 65.5 cm³/mol. The van der Waals surface area contributed by atoms with Gasteiger partial charge in [0.1, 0.15) is 5.75 Å². The van der Waals surface area contributed by atoms with E-state index in [0.29, 0.717) is 12.0 Å². The van der Waals surface area contributed by atoms with Gasteiger partial charge in [0.15, 0.2) is 0 Å². The van der Waals surface area contributed by atoms with E-state index in [1.165, 1.54) is 12.0 Å². The third kappa shape index (κ3) is 2.06. The van der Waals surface area contributed by atoms with Gasteiger partial charge in [0.2, 0.25) is 0 Å². The summed E-state index contributed by atoms with van der Waals surface area (Å²) in [4.78, 5) is 2.38. The van der Waals surface area contributed by atoms with E-state index in [4.69, 9.17) is 10.5 Å². The van der Waals surface area contributed by atoms with Crippen LogP contribution in [0.4, 0.5) is 0 Å². The van der Waals surface area contributed by atoms with Crippen molar-refractivity contribution >= 4 is 0 Å². The van der Waals surface area contributed by atoms with E-state index in [-0.39, 0.29) is 0 Å². The Morgan fingerprint density at radius 3 is 3.00 bits per heavy atom. The largest absolute Gasteiger partial charge is 0.497 e. The molecule has 1 aliphatic heterocycles. The van der Waals surface area contributed by atoms with Crippen LogP contribution in [0.5, 0.6) is 5.75 Å². The molecule has 3 heteroatoms. The van der Waals surface area contributed by atoms with Gasteiger partial charge in [0.05, 0.1) is 7.11 Å². The molecule has 2 atom stereocenters. The Bertz CT molecular complexity index is 354. The molecule has 2 unspecified atom stereocenters. The zero-order valence-corrected chi connectivity index (χ0v) is 10.0. The van der Waals surface area contributed by atoms with Gasteiger partial charge in [-0.2, -0.15) is 0 Å². The van der Waals surface area contributed by atoms with E-state index in [9.17, 15) is 0 Å². The van der Waals surface area contributed by atoms with E-state index >= 15 is 0 Å². The Labute approximate surface area is 97.2 Å². The number of ether oxygens (including phenoxy) is 1. The average molecular weight is 220 g/mol. The van der Waals surface area contributed by atoms with Crippen LogP contribution in [0.1, 0.15) is 18.0 Å². The van der Waals surface area contributed by atoms with Gasteiger partial charge in [-0.1, -0.05) is 12.1 Å². The molecule has 1 heterocycles. The summed E-state index contributed by atoms with van der Waals surface area (Å²) in [6.45, 7) is 1.88. The lowest BCUT2D eigenvalue weighted by molar-refractivity contribution is 0.278. The van der Waals surface area contributed by atoms with Crippen LogP contribution in [0, 0.1) is 5.92 Å². The molecule has 1 saturated heterocycles.